The second kappa shape index (κ2) is 5.95. The number of rotatable bonds is 2. The van der Waals surface area contributed by atoms with Gasteiger partial charge in [-0.1, -0.05) is 41.0 Å². The second-order valence-corrected chi connectivity index (χ2v) is 6.63. The van der Waals surface area contributed by atoms with Crippen LogP contribution in [0.25, 0.3) is 0 Å². The molecule has 2 unspecified atom stereocenters. The minimum atomic E-state index is -0.517. The molecule has 0 aromatic carbocycles. The van der Waals surface area contributed by atoms with Gasteiger partial charge in [-0.15, -0.1) is 0 Å². The van der Waals surface area contributed by atoms with E-state index < -0.39 is 10.8 Å². The summed E-state index contributed by atoms with van der Waals surface area (Å²) in [6.07, 6.45) is 2.10. The maximum atomic E-state index is 11.2. The highest BCUT2D eigenvalue weighted by atomic mass is 16.2. The fourth-order valence-electron chi connectivity index (χ4n) is 2.42. The first-order valence-corrected chi connectivity index (χ1v) is 7.24. The zero-order valence-electron chi connectivity index (χ0n) is 13.3. The van der Waals surface area contributed by atoms with Crippen molar-refractivity contribution in [2.24, 2.45) is 16.7 Å². The molecule has 118 valence electrons. The molecule has 2 rings (SSSR count). The molecule has 0 radical (unpaired) electrons. The summed E-state index contributed by atoms with van der Waals surface area (Å²) >= 11 is 0. The van der Waals surface area contributed by atoms with Crippen LogP contribution in [-0.2, 0) is 19.2 Å². The van der Waals surface area contributed by atoms with Gasteiger partial charge in [0.15, 0.2) is 0 Å². The Morgan fingerprint density at radius 1 is 1.05 bits per heavy atom. The average Bonchev–Trinajstić information content (AvgIpc) is 2.70. The first kappa shape index (κ1) is 17.3. The van der Waals surface area contributed by atoms with E-state index in [2.05, 4.69) is 10.6 Å². The highest BCUT2D eigenvalue weighted by molar-refractivity contribution is 6.06. The van der Waals surface area contributed by atoms with Gasteiger partial charge in [-0.3, -0.25) is 29.8 Å². The Labute approximate surface area is 125 Å². The molecule has 0 bridgehead atoms. The van der Waals surface area contributed by atoms with Crippen LogP contribution in [0.5, 0.6) is 0 Å². The van der Waals surface area contributed by atoms with E-state index in [-0.39, 0.29) is 29.5 Å². The van der Waals surface area contributed by atoms with Gasteiger partial charge in [0.05, 0.1) is 10.8 Å². The third kappa shape index (κ3) is 3.49. The Balaban J connectivity index is 0.000000211. The number of hydrogen-bond donors (Lipinski definition) is 2. The molecule has 0 aromatic rings. The van der Waals surface area contributed by atoms with Crippen molar-refractivity contribution in [3.8, 4) is 0 Å². The van der Waals surface area contributed by atoms with Gasteiger partial charge >= 0.3 is 0 Å². The highest BCUT2D eigenvalue weighted by Gasteiger charge is 2.45. The van der Waals surface area contributed by atoms with Crippen molar-refractivity contribution in [1.82, 2.24) is 10.6 Å². The van der Waals surface area contributed by atoms with E-state index in [1.54, 1.807) is 20.8 Å². The van der Waals surface area contributed by atoms with Crippen LogP contribution in [0, 0.1) is 16.7 Å². The Morgan fingerprint density at radius 2 is 1.62 bits per heavy atom. The Hall–Kier alpha value is -1.72. The van der Waals surface area contributed by atoms with Crippen LogP contribution < -0.4 is 10.6 Å². The number of imide groups is 2. The van der Waals surface area contributed by atoms with Crippen LogP contribution in [0.3, 0.4) is 0 Å². The Kier molecular flexibility index (Phi) is 4.91. The molecule has 2 fully saturated rings. The predicted molar refractivity (Wildman–Crippen MR) is 76.9 cm³/mol. The van der Waals surface area contributed by atoms with E-state index >= 15 is 0 Å². The summed E-state index contributed by atoms with van der Waals surface area (Å²) < 4.78 is 0. The largest absolute Gasteiger partial charge is 0.296 e. The van der Waals surface area contributed by atoms with E-state index in [1.165, 1.54) is 0 Å². The van der Waals surface area contributed by atoms with Gasteiger partial charge in [0, 0.05) is 12.3 Å². The van der Waals surface area contributed by atoms with Crippen molar-refractivity contribution >= 4 is 23.6 Å². The minimum Gasteiger partial charge on any atom is -0.296 e. The molecule has 0 spiro atoms. The summed E-state index contributed by atoms with van der Waals surface area (Å²) in [4.78, 5) is 43.8. The minimum absolute atomic E-state index is 0.107. The van der Waals surface area contributed by atoms with Crippen LogP contribution in [0.4, 0.5) is 0 Å². The van der Waals surface area contributed by atoms with Crippen LogP contribution in [0.15, 0.2) is 0 Å². The molecule has 21 heavy (non-hydrogen) atoms. The molecule has 2 N–H and O–H groups in total. The lowest BCUT2D eigenvalue weighted by atomic mass is 9.82. The van der Waals surface area contributed by atoms with Gasteiger partial charge < -0.3 is 0 Å². The van der Waals surface area contributed by atoms with E-state index in [0.29, 0.717) is 6.42 Å². The number of carbonyl (C=O) groups is 4. The summed E-state index contributed by atoms with van der Waals surface area (Å²) in [5, 5.41) is 4.59. The molecule has 2 atom stereocenters. The maximum absolute atomic E-state index is 11.2. The quantitative estimate of drug-likeness (QED) is 0.747. The lowest BCUT2D eigenvalue weighted by Crippen LogP contribution is -2.28. The Bertz CT molecular complexity index is 484. The molecule has 6 heteroatoms. The SMILES string of the molecule is CC1C(=O)NC(=O)C1(C)C.CCCC1(C)CC(=O)NC1=O. The van der Waals surface area contributed by atoms with Gasteiger partial charge in [0.2, 0.25) is 23.6 Å². The van der Waals surface area contributed by atoms with Crippen LogP contribution >= 0.6 is 0 Å². The third-order valence-electron chi connectivity index (χ3n) is 4.45. The summed E-state index contributed by atoms with van der Waals surface area (Å²) in [5.41, 5.74) is -0.942. The first-order chi connectivity index (χ1) is 9.54. The Morgan fingerprint density at radius 3 is 1.86 bits per heavy atom. The molecular weight excluding hydrogens is 272 g/mol. The topological polar surface area (TPSA) is 92.3 Å². The number of amides is 4. The van der Waals surface area contributed by atoms with Gasteiger partial charge in [0.1, 0.15) is 0 Å². The number of carbonyl (C=O) groups excluding carboxylic acids is 4. The van der Waals surface area contributed by atoms with Crippen molar-refractivity contribution in [2.75, 3.05) is 0 Å². The molecule has 2 aliphatic rings. The van der Waals surface area contributed by atoms with Crippen molar-refractivity contribution < 1.29 is 19.2 Å². The van der Waals surface area contributed by atoms with E-state index in [4.69, 9.17) is 0 Å². The lowest BCUT2D eigenvalue weighted by molar-refractivity contribution is -0.129. The molecule has 0 saturated carbocycles. The average molecular weight is 296 g/mol. The van der Waals surface area contributed by atoms with E-state index in [1.807, 2.05) is 13.8 Å². The first-order valence-electron chi connectivity index (χ1n) is 7.24. The van der Waals surface area contributed by atoms with Crippen molar-refractivity contribution in [3.63, 3.8) is 0 Å². The standard InChI is InChI=1S/C8H13NO2.C7H11NO2/c1-3-4-8(2)5-6(10)9-7(8)11;1-4-5(9)8-6(10)7(4,2)3/h3-5H2,1-2H3,(H,9,10,11);4H,1-3H3,(H,8,9,10). The van der Waals surface area contributed by atoms with E-state index in [0.717, 1.165) is 12.8 Å². The van der Waals surface area contributed by atoms with Gasteiger partial charge in [-0.2, -0.15) is 0 Å². The van der Waals surface area contributed by atoms with Crippen LogP contribution in [0.1, 0.15) is 53.9 Å². The molecule has 4 amide bonds. The fraction of sp³-hybridized carbons (Fsp3) is 0.733. The summed E-state index contributed by atoms with van der Waals surface area (Å²) in [6.45, 7) is 9.17. The lowest BCUT2D eigenvalue weighted by Gasteiger charge is -2.17. The number of hydrogen-bond acceptors (Lipinski definition) is 4. The normalized spacial score (nSPS) is 30.6. The monoisotopic (exact) mass is 296 g/mol. The van der Waals surface area contributed by atoms with Crippen molar-refractivity contribution in [3.05, 3.63) is 0 Å². The molecule has 0 aromatic heterocycles. The van der Waals surface area contributed by atoms with Gasteiger partial charge in [-0.25, -0.2) is 0 Å². The second-order valence-electron chi connectivity index (χ2n) is 6.63. The molecule has 0 aliphatic carbocycles. The van der Waals surface area contributed by atoms with Gasteiger partial charge in [-0.05, 0) is 6.42 Å². The molecule has 2 heterocycles. The highest BCUT2D eigenvalue weighted by Crippen LogP contribution is 2.32. The summed E-state index contributed by atoms with van der Waals surface area (Å²) in [6, 6.07) is 0. The fourth-order valence-corrected chi connectivity index (χ4v) is 2.42. The van der Waals surface area contributed by atoms with Crippen LogP contribution in [0.2, 0.25) is 0 Å². The van der Waals surface area contributed by atoms with Crippen LogP contribution in [-0.4, -0.2) is 23.6 Å². The molecule has 2 aliphatic heterocycles. The van der Waals surface area contributed by atoms with Crippen molar-refractivity contribution in [2.45, 2.75) is 53.9 Å². The predicted octanol–water partition coefficient (Wildman–Crippen LogP) is 1.14. The molecule has 2 saturated heterocycles. The van der Waals surface area contributed by atoms with Crippen molar-refractivity contribution in [1.29, 1.82) is 0 Å². The maximum Gasteiger partial charge on any atom is 0.233 e. The zero-order chi connectivity index (χ0) is 16.4. The third-order valence-corrected chi connectivity index (χ3v) is 4.45. The van der Waals surface area contributed by atoms with Gasteiger partial charge in [0.25, 0.3) is 0 Å². The number of nitrogens with one attached hydrogen (secondary N) is 2. The molecule has 6 nitrogen and oxygen atoms in total. The van der Waals surface area contributed by atoms with E-state index in [9.17, 15) is 19.2 Å². The zero-order valence-corrected chi connectivity index (χ0v) is 13.3. The summed E-state index contributed by atoms with van der Waals surface area (Å²) in [5.74, 6) is -0.754. The molecular formula is C15H24N2O4. The smallest absolute Gasteiger partial charge is 0.233 e. The summed E-state index contributed by atoms with van der Waals surface area (Å²) in [7, 11) is 0.